The fraction of sp³-hybridized carbons (Fsp3) is 0.125. The molecule has 0 fully saturated rings. The molecule has 0 aliphatic carbocycles. The van der Waals surface area contributed by atoms with Crippen LogP contribution >= 0.6 is 0 Å². The van der Waals surface area contributed by atoms with Crippen molar-refractivity contribution in [3.63, 3.8) is 0 Å². The molecule has 1 heterocycles. The molecule has 0 saturated heterocycles. The number of hydrogen-bond donors (Lipinski definition) is 0. The normalized spacial score (nSPS) is 10.5. The molecular formula is C16H14N2O5. The minimum Gasteiger partial charge on any atom is -0.497 e. The van der Waals surface area contributed by atoms with Crippen LogP contribution in [0.2, 0.25) is 0 Å². The Bertz CT molecular complexity index is 757. The van der Waals surface area contributed by atoms with E-state index in [-0.39, 0.29) is 28.5 Å². The van der Waals surface area contributed by atoms with Crippen molar-refractivity contribution in [3.8, 4) is 11.5 Å². The van der Waals surface area contributed by atoms with Crippen molar-refractivity contribution in [2.75, 3.05) is 14.2 Å². The number of rotatable bonds is 6. The van der Waals surface area contributed by atoms with Crippen LogP contribution in [-0.4, -0.2) is 29.9 Å². The van der Waals surface area contributed by atoms with Gasteiger partial charge in [0.15, 0.2) is 0 Å². The second-order valence-corrected chi connectivity index (χ2v) is 4.44. The van der Waals surface area contributed by atoms with Gasteiger partial charge in [0, 0.05) is 12.3 Å². The first-order valence-corrected chi connectivity index (χ1v) is 6.60. The van der Waals surface area contributed by atoms with Crippen LogP contribution in [0.4, 0.5) is 5.69 Å². The number of ketones is 1. The largest absolute Gasteiger partial charge is 0.497 e. The highest BCUT2D eigenvalue weighted by Crippen LogP contribution is 2.36. The number of carbonyl (C=O) groups excluding carboxylic acids is 1. The van der Waals surface area contributed by atoms with Crippen LogP contribution in [0.5, 0.6) is 11.5 Å². The van der Waals surface area contributed by atoms with E-state index in [1.54, 1.807) is 18.2 Å². The Morgan fingerprint density at radius 1 is 1.26 bits per heavy atom. The van der Waals surface area contributed by atoms with Crippen LogP contribution < -0.4 is 9.47 Å². The summed E-state index contributed by atoms with van der Waals surface area (Å²) in [6.07, 6.45) is 4.07. The maximum Gasteiger partial charge on any atom is 0.318 e. The molecule has 23 heavy (non-hydrogen) atoms. The van der Waals surface area contributed by atoms with E-state index >= 15 is 0 Å². The number of ether oxygens (including phenoxy) is 2. The third kappa shape index (κ3) is 3.70. The molecule has 0 bridgehead atoms. The topological polar surface area (TPSA) is 91.6 Å². The SMILES string of the molecule is COc1cc(/C=C/C(=O)c2ccccn2)c([N+](=O)[O-])c(OC)c1. The minimum absolute atomic E-state index is 0.0549. The van der Waals surface area contributed by atoms with Gasteiger partial charge in [-0.15, -0.1) is 0 Å². The minimum atomic E-state index is -0.566. The lowest BCUT2D eigenvalue weighted by Gasteiger charge is -2.07. The molecule has 0 atom stereocenters. The quantitative estimate of drug-likeness (QED) is 0.352. The van der Waals surface area contributed by atoms with E-state index in [9.17, 15) is 14.9 Å². The van der Waals surface area contributed by atoms with Gasteiger partial charge in [-0.1, -0.05) is 6.07 Å². The molecule has 0 N–H and O–H groups in total. The molecule has 1 aromatic carbocycles. The average molecular weight is 314 g/mol. The second kappa shape index (κ2) is 7.17. The monoisotopic (exact) mass is 314 g/mol. The fourth-order valence-electron chi connectivity index (χ4n) is 1.96. The fourth-order valence-corrected chi connectivity index (χ4v) is 1.96. The summed E-state index contributed by atoms with van der Waals surface area (Å²) in [5.41, 5.74) is 0.218. The van der Waals surface area contributed by atoms with Crippen LogP contribution in [-0.2, 0) is 0 Å². The number of nitro benzene ring substituents is 1. The molecule has 0 unspecified atom stereocenters. The summed E-state index contributed by atoms with van der Waals surface area (Å²) in [6.45, 7) is 0. The first kappa shape index (κ1) is 16.2. The summed E-state index contributed by atoms with van der Waals surface area (Å²) in [5, 5.41) is 11.3. The predicted molar refractivity (Wildman–Crippen MR) is 83.8 cm³/mol. The first-order valence-electron chi connectivity index (χ1n) is 6.60. The van der Waals surface area contributed by atoms with Gasteiger partial charge in [-0.25, -0.2) is 0 Å². The van der Waals surface area contributed by atoms with Gasteiger partial charge in [0.2, 0.25) is 11.5 Å². The highest BCUT2D eigenvalue weighted by molar-refractivity contribution is 6.05. The van der Waals surface area contributed by atoms with E-state index in [4.69, 9.17) is 9.47 Å². The molecule has 0 aliphatic rings. The smallest absolute Gasteiger partial charge is 0.318 e. The summed E-state index contributed by atoms with van der Waals surface area (Å²) in [7, 11) is 2.77. The summed E-state index contributed by atoms with van der Waals surface area (Å²) < 4.78 is 10.1. The van der Waals surface area contributed by atoms with Gasteiger partial charge in [-0.3, -0.25) is 19.9 Å². The van der Waals surface area contributed by atoms with Gasteiger partial charge < -0.3 is 9.47 Å². The van der Waals surface area contributed by atoms with Crippen molar-refractivity contribution in [2.24, 2.45) is 0 Å². The molecule has 0 saturated carbocycles. The zero-order valence-corrected chi connectivity index (χ0v) is 12.6. The first-order chi connectivity index (χ1) is 11.1. The summed E-state index contributed by atoms with van der Waals surface area (Å²) in [5.74, 6) is 0.0818. The van der Waals surface area contributed by atoms with Crippen molar-refractivity contribution in [1.82, 2.24) is 4.98 Å². The Balaban J connectivity index is 2.43. The maximum atomic E-state index is 12.0. The average Bonchev–Trinajstić information content (AvgIpc) is 2.59. The van der Waals surface area contributed by atoms with Gasteiger partial charge in [0.1, 0.15) is 11.4 Å². The van der Waals surface area contributed by atoms with Crippen molar-refractivity contribution in [3.05, 3.63) is 64.0 Å². The number of nitrogens with zero attached hydrogens (tertiary/aromatic N) is 2. The summed E-state index contributed by atoms with van der Waals surface area (Å²) in [4.78, 5) is 26.7. The Hall–Kier alpha value is -3.22. The summed E-state index contributed by atoms with van der Waals surface area (Å²) >= 11 is 0. The number of aromatic nitrogens is 1. The van der Waals surface area contributed by atoms with E-state index in [0.717, 1.165) is 0 Å². The highest BCUT2D eigenvalue weighted by atomic mass is 16.6. The highest BCUT2D eigenvalue weighted by Gasteiger charge is 2.21. The lowest BCUT2D eigenvalue weighted by Crippen LogP contribution is -1.99. The second-order valence-electron chi connectivity index (χ2n) is 4.44. The number of nitro groups is 1. The molecule has 0 radical (unpaired) electrons. The van der Waals surface area contributed by atoms with Crippen LogP contribution in [0.1, 0.15) is 16.1 Å². The molecule has 1 aromatic heterocycles. The standard InChI is InChI=1S/C16H14N2O5/c1-22-12-9-11(16(18(20)21)15(10-12)23-2)6-7-14(19)13-5-3-4-8-17-13/h3-10H,1-2H3/b7-6+. The number of methoxy groups -OCH3 is 2. The number of carbonyl (C=O) groups is 1. The van der Waals surface area contributed by atoms with Gasteiger partial charge in [-0.2, -0.15) is 0 Å². The molecule has 2 rings (SSSR count). The third-order valence-electron chi connectivity index (χ3n) is 3.05. The molecule has 118 valence electrons. The Morgan fingerprint density at radius 2 is 2.04 bits per heavy atom. The number of benzene rings is 1. The van der Waals surface area contributed by atoms with E-state index in [1.807, 2.05) is 0 Å². The predicted octanol–water partition coefficient (Wildman–Crippen LogP) is 2.90. The molecule has 0 aliphatic heterocycles. The number of allylic oxidation sites excluding steroid dienone is 1. The van der Waals surface area contributed by atoms with Crippen molar-refractivity contribution in [2.45, 2.75) is 0 Å². The molecule has 2 aromatic rings. The third-order valence-corrected chi connectivity index (χ3v) is 3.05. The number of hydrogen-bond acceptors (Lipinski definition) is 6. The molecule has 7 heteroatoms. The molecule has 7 nitrogen and oxygen atoms in total. The van der Waals surface area contributed by atoms with Crippen molar-refractivity contribution in [1.29, 1.82) is 0 Å². The zero-order valence-electron chi connectivity index (χ0n) is 12.6. The van der Waals surface area contributed by atoms with Gasteiger partial charge in [0.25, 0.3) is 0 Å². The van der Waals surface area contributed by atoms with E-state index < -0.39 is 4.92 Å². The Morgan fingerprint density at radius 3 is 2.61 bits per heavy atom. The maximum absolute atomic E-state index is 12.0. The van der Waals surface area contributed by atoms with Crippen LogP contribution in [0, 0.1) is 10.1 Å². The number of pyridine rings is 1. The van der Waals surface area contributed by atoms with Crippen molar-refractivity contribution < 1.29 is 19.2 Å². The zero-order chi connectivity index (χ0) is 16.8. The molecular weight excluding hydrogens is 300 g/mol. The van der Waals surface area contributed by atoms with Crippen LogP contribution in [0.3, 0.4) is 0 Å². The lowest BCUT2D eigenvalue weighted by molar-refractivity contribution is -0.386. The van der Waals surface area contributed by atoms with Gasteiger partial charge >= 0.3 is 5.69 Å². The molecule has 0 spiro atoms. The Labute approximate surface area is 132 Å². The lowest BCUT2D eigenvalue weighted by atomic mass is 10.1. The molecule has 0 amide bonds. The van der Waals surface area contributed by atoms with Crippen LogP contribution in [0.15, 0.2) is 42.6 Å². The Kier molecular flexibility index (Phi) is 5.03. The summed E-state index contributed by atoms with van der Waals surface area (Å²) in [6, 6.07) is 7.81. The van der Waals surface area contributed by atoms with Gasteiger partial charge in [-0.05, 0) is 30.4 Å². The van der Waals surface area contributed by atoms with E-state index in [2.05, 4.69) is 4.98 Å². The van der Waals surface area contributed by atoms with Crippen LogP contribution in [0.25, 0.3) is 6.08 Å². The van der Waals surface area contributed by atoms with E-state index in [0.29, 0.717) is 5.75 Å². The van der Waals surface area contributed by atoms with E-state index in [1.165, 1.54) is 44.7 Å². The van der Waals surface area contributed by atoms with Crippen molar-refractivity contribution >= 4 is 17.5 Å². The van der Waals surface area contributed by atoms with Gasteiger partial charge in [0.05, 0.1) is 24.7 Å².